The average Bonchev–Trinajstić information content (AvgIpc) is 2.39. The van der Waals surface area contributed by atoms with Gasteiger partial charge in [0, 0.05) is 12.1 Å². The SMILES string of the molecule is Fc1cncc(NC2CCc3ccccc3C2)c1. The summed E-state index contributed by atoms with van der Waals surface area (Å²) in [6.07, 6.45) is 6.04. The lowest BCUT2D eigenvalue weighted by molar-refractivity contribution is 0.604. The monoisotopic (exact) mass is 242 g/mol. The lowest BCUT2D eigenvalue weighted by Crippen LogP contribution is -2.27. The Morgan fingerprint density at radius 3 is 2.83 bits per heavy atom. The summed E-state index contributed by atoms with van der Waals surface area (Å²) in [6, 6.07) is 10.4. The van der Waals surface area contributed by atoms with Gasteiger partial charge in [-0.15, -0.1) is 0 Å². The second-order valence-electron chi connectivity index (χ2n) is 4.74. The molecule has 0 bridgehead atoms. The molecular weight excluding hydrogens is 227 g/mol. The highest BCUT2D eigenvalue weighted by atomic mass is 19.1. The van der Waals surface area contributed by atoms with Crippen molar-refractivity contribution in [2.75, 3.05) is 5.32 Å². The third kappa shape index (κ3) is 2.35. The number of nitrogens with zero attached hydrogens (tertiary/aromatic N) is 1. The first kappa shape index (κ1) is 11.2. The molecule has 92 valence electrons. The number of anilines is 1. The van der Waals surface area contributed by atoms with Crippen molar-refractivity contribution in [1.82, 2.24) is 4.98 Å². The fraction of sp³-hybridized carbons (Fsp3) is 0.267. The van der Waals surface area contributed by atoms with E-state index >= 15 is 0 Å². The van der Waals surface area contributed by atoms with E-state index in [-0.39, 0.29) is 5.82 Å². The Hall–Kier alpha value is -1.90. The van der Waals surface area contributed by atoms with Crippen LogP contribution in [0.5, 0.6) is 0 Å². The number of hydrogen-bond donors (Lipinski definition) is 1. The van der Waals surface area contributed by atoms with Crippen molar-refractivity contribution in [3.63, 3.8) is 0 Å². The van der Waals surface area contributed by atoms with E-state index < -0.39 is 0 Å². The molecule has 2 nitrogen and oxygen atoms in total. The number of pyridine rings is 1. The minimum Gasteiger partial charge on any atom is -0.381 e. The number of nitrogens with one attached hydrogen (secondary N) is 1. The smallest absolute Gasteiger partial charge is 0.143 e. The first-order chi connectivity index (χ1) is 8.81. The number of fused-ring (bicyclic) bond motifs is 1. The van der Waals surface area contributed by atoms with Crippen molar-refractivity contribution in [3.05, 3.63) is 59.7 Å². The third-order valence-corrected chi connectivity index (χ3v) is 3.42. The molecule has 2 aromatic rings. The van der Waals surface area contributed by atoms with Crippen LogP contribution < -0.4 is 5.32 Å². The zero-order valence-electron chi connectivity index (χ0n) is 10.1. The number of benzene rings is 1. The molecule has 1 aromatic heterocycles. The molecule has 1 heterocycles. The van der Waals surface area contributed by atoms with Crippen LogP contribution in [0.15, 0.2) is 42.7 Å². The maximum absolute atomic E-state index is 13.1. The highest BCUT2D eigenvalue weighted by Gasteiger charge is 2.17. The minimum absolute atomic E-state index is 0.295. The van der Waals surface area contributed by atoms with Gasteiger partial charge in [-0.2, -0.15) is 0 Å². The molecule has 1 unspecified atom stereocenters. The van der Waals surface area contributed by atoms with Gasteiger partial charge in [-0.25, -0.2) is 4.39 Å². The maximum atomic E-state index is 13.1. The van der Waals surface area contributed by atoms with Gasteiger partial charge in [0.15, 0.2) is 0 Å². The van der Waals surface area contributed by atoms with E-state index in [4.69, 9.17) is 0 Å². The van der Waals surface area contributed by atoms with Crippen LogP contribution in [0.2, 0.25) is 0 Å². The predicted octanol–water partition coefficient (Wildman–Crippen LogP) is 3.19. The molecule has 3 rings (SSSR count). The Labute approximate surface area is 106 Å². The third-order valence-electron chi connectivity index (χ3n) is 3.42. The van der Waals surface area contributed by atoms with E-state index in [0.29, 0.717) is 6.04 Å². The molecule has 0 spiro atoms. The van der Waals surface area contributed by atoms with Crippen LogP contribution in [-0.4, -0.2) is 11.0 Å². The lowest BCUT2D eigenvalue weighted by atomic mass is 9.88. The Kier molecular flexibility index (Phi) is 2.97. The fourth-order valence-corrected chi connectivity index (χ4v) is 2.55. The normalized spacial score (nSPS) is 18.2. The number of halogens is 1. The van der Waals surface area contributed by atoms with Gasteiger partial charge in [-0.1, -0.05) is 24.3 Å². The summed E-state index contributed by atoms with van der Waals surface area (Å²) < 4.78 is 13.1. The van der Waals surface area contributed by atoms with Crippen molar-refractivity contribution < 1.29 is 4.39 Å². The van der Waals surface area contributed by atoms with Gasteiger partial charge in [0.2, 0.25) is 0 Å². The number of rotatable bonds is 2. The molecule has 1 atom stereocenters. The molecule has 1 aromatic carbocycles. The zero-order chi connectivity index (χ0) is 12.4. The standard InChI is InChI=1S/C15H15FN2/c16-13-8-15(10-17-9-13)18-14-6-5-11-3-1-2-4-12(11)7-14/h1-4,8-10,14,18H,5-7H2. The molecule has 0 saturated heterocycles. The van der Waals surface area contributed by atoms with Gasteiger partial charge in [-0.05, 0) is 30.4 Å². The number of hydrogen-bond acceptors (Lipinski definition) is 2. The highest BCUT2D eigenvalue weighted by Crippen LogP contribution is 2.23. The van der Waals surface area contributed by atoms with Gasteiger partial charge < -0.3 is 5.32 Å². The fourth-order valence-electron chi connectivity index (χ4n) is 2.55. The predicted molar refractivity (Wildman–Crippen MR) is 70.1 cm³/mol. The Bertz CT molecular complexity index is 554. The maximum Gasteiger partial charge on any atom is 0.143 e. The number of aromatic nitrogens is 1. The molecule has 0 saturated carbocycles. The Morgan fingerprint density at radius 1 is 1.17 bits per heavy atom. The van der Waals surface area contributed by atoms with Gasteiger partial charge in [-0.3, -0.25) is 4.98 Å². The van der Waals surface area contributed by atoms with E-state index in [1.54, 1.807) is 6.20 Å². The summed E-state index contributed by atoms with van der Waals surface area (Å²) in [5, 5.41) is 3.36. The molecule has 0 aliphatic heterocycles. The molecule has 3 heteroatoms. The van der Waals surface area contributed by atoms with Crippen LogP contribution in [0.4, 0.5) is 10.1 Å². The second-order valence-corrected chi connectivity index (χ2v) is 4.74. The van der Waals surface area contributed by atoms with Gasteiger partial charge in [0.1, 0.15) is 5.82 Å². The summed E-state index contributed by atoms with van der Waals surface area (Å²) in [7, 11) is 0. The first-order valence-corrected chi connectivity index (χ1v) is 6.25. The second kappa shape index (κ2) is 4.77. The summed E-state index contributed by atoms with van der Waals surface area (Å²) in [4.78, 5) is 3.86. The minimum atomic E-state index is -0.295. The quantitative estimate of drug-likeness (QED) is 0.874. The van der Waals surface area contributed by atoms with Crippen LogP contribution in [0, 0.1) is 5.82 Å². The number of aryl methyl sites for hydroxylation is 1. The highest BCUT2D eigenvalue weighted by molar-refractivity contribution is 5.43. The topological polar surface area (TPSA) is 24.9 Å². The molecule has 0 fully saturated rings. The van der Waals surface area contributed by atoms with Gasteiger partial charge in [0.25, 0.3) is 0 Å². The van der Waals surface area contributed by atoms with Gasteiger partial charge in [0.05, 0.1) is 18.1 Å². The largest absolute Gasteiger partial charge is 0.381 e. The Balaban J connectivity index is 1.73. The lowest BCUT2D eigenvalue weighted by Gasteiger charge is -2.26. The van der Waals surface area contributed by atoms with Crippen LogP contribution in [0.3, 0.4) is 0 Å². The van der Waals surface area contributed by atoms with Gasteiger partial charge >= 0.3 is 0 Å². The van der Waals surface area contributed by atoms with Crippen molar-refractivity contribution in [2.45, 2.75) is 25.3 Å². The molecular formula is C15H15FN2. The van der Waals surface area contributed by atoms with E-state index in [0.717, 1.165) is 24.9 Å². The molecule has 18 heavy (non-hydrogen) atoms. The van der Waals surface area contributed by atoms with Crippen LogP contribution in [-0.2, 0) is 12.8 Å². The van der Waals surface area contributed by atoms with E-state index in [1.807, 2.05) is 0 Å². The Morgan fingerprint density at radius 2 is 2.00 bits per heavy atom. The molecule has 0 amide bonds. The van der Waals surface area contributed by atoms with Crippen molar-refractivity contribution in [1.29, 1.82) is 0 Å². The van der Waals surface area contributed by atoms with Crippen LogP contribution in [0.25, 0.3) is 0 Å². The van der Waals surface area contributed by atoms with Crippen molar-refractivity contribution in [2.24, 2.45) is 0 Å². The molecule has 1 N–H and O–H groups in total. The van der Waals surface area contributed by atoms with Crippen LogP contribution >= 0.6 is 0 Å². The molecule has 1 aliphatic carbocycles. The van der Waals surface area contributed by atoms with Crippen molar-refractivity contribution >= 4 is 5.69 Å². The molecule has 0 radical (unpaired) electrons. The average molecular weight is 242 g/mol. The van der Waals surface area contributed by atoms with Crippen LogP contribution in [0.1, 0.15) is 17.5 Å². The van der Waals surface area contributed by atoms with Crippen molar-refractivity contribution in [3.8, 4) is 0 Å². The summed E-state index contributed by atoms with van der Waals surface area (Å²) in [6.45, 7) is 0. The summed E-state index contributed by atoms with van der Waals surface area (Å²) in [5.74, 6) is -0.295. The molecule has 1 aliphatic rings. The van der Waals surface area contributed by atoms with E-state index in [2.05, 4.69) is 34.6 Å². The zero-order valence-corrected chi connectivity index (χ0v) is 10.1. The van der Waals surface area contributed by atoms with E-state index in [1.165, 1.54) is 23.4 Å². The summed E-state index contributed by atoms with van der Waals surface area (Å²) >= 11 is 0. The summed E-state index contributed by atoms with van der Waals surface area (Å²) in [5.41, 5.74) is 3.60. The van der Waals surface area contributed by atoms with E-state index in [9.17, 15) is 4.39 Å². The first-order valence-electron chi connectivity index (χ1n) is 6.25.